The molecule has 0 fully saturated rings. The Bertz CT molecular complexity index is 3170. The molecule has 3 heterocycles. The molecule has 262 valence electrons. The third kappa shape index (κ3) is 5.65. The van der Waals surface area contributed by atoms with Crippen molar-refractivity contribution in [2.75, 3.05) is 0 Å². The van der Waals surface area contributed by atoms with Crippen LogP contribution in [-0.2, 0) is 0 Å². The van der Waals surface area contributed by atoms with E-state index in [2.05, 4.69) is 121 Å². The summed E-state index contributed by atoms with van der Waals surface area (Å²) in [4.78, 5) is 14.7. The summed E-state index contributed by atoms with van der Waals surface area (Å²) in [6, 6.07) is 65.8. The Labute approximate surface area is 327 Å². The maximum absolute atomic E-state index is 6.69. The third-order valence-corrected chi connectivity index (χ3v) is 11.7. The molecule has 0 unspecified atom stereocenters. The molecule has 0 radical (unpaired) electrons. The van der Waals surface area contributed by atoms with Crippen LogP contribution in [0.15, 0.2) is 192 Å². The molecule has 0 spiro atoms. The minimum absolute atomic E-state index is 0.599. The number of thiophene rings is 1. The molecule has 0 aliphatic carbocycles. The van der Waals surface area contributed by atoms with Crippen LogP contribution in [0.4, 0.5) is 0 Å². The summed E-state index contributed by atoms with van der Waals surface area (Å²) in [6.45, 7) is 0. The summed E-state index contributed by atoms with van der Waals surface area (Å²) in [7, 11) is 0. The number of rotatable bonds is 6. The molecule has 0 atom stereocenters. The third-order valence-electron chi connectivity index (χ3n) is 10.6. The summed E-state index contributed by atoms with van der Waals surface area (Å²) < 4.78 is 9.30. The number of para-hydroxylation sites is 1. The van der Waals surface area contributed by atoms with Crippen molar-refractivity contribution < 1.29 is 4.42 Å². The smallest absolute Gasteiger partial charge is 0.164 e. The van der Waals surface area contributed by atoms with Gasteiger partial charge in [0.05, 0.1) is 0 Å². The van der Waals surface area contributed by atoms with E-state index in [9.17, 15) is 0 Å². The van der Waals surface area contributed by atoms with E-state index in [-0.39, 0.29) is 0 Å². The molecule has 0 amide bonds. The molecular weight excluding hydrogens is 703 g/mol. The minimum Gasteiger partial charge on any atom is -0.455 e. The standard InChI is InChI=1S/C51H31N3OS/c1-4-11-32(12-5-1)38-23-27-42-44-29-37(25-28-46(44)56-47(42)31-38)33-19-21-34(22-20-33)40-17-10-18-43-41-26-24-39(30-45(41)55-48(40)43)51-53-49(35-13-6-2-7-14-35)52-50(54-51)36-15-8-3-9-16-36/h1-31H. The van der Waals surface area contributed by atoms with Gasteiger partial charge in [-0.15, -0.1) is 11.3 Å². The van der Waals surface area contributed by atoms with Crippen LogP contribution < -0.4 is 0 Å². The van der Waals surface area contributed by atoms with Crippen LogP contribution in [0.1, 0.15) is 0 Å². The fourth-order valence-corrected chi connectivity index (χ4v) is 8.84. The van der Waals surface area contributed by atoms with Gasteiger partial charge in [-0.3, -0.25) is 0 Å². The molecule has 3 aromatic heterocycles. The average molecular weight is 734 g/mol. The maximum Gasteiger partial charge on any atom is 0.164 e. The summed E-state index contributed by atoms with van der Waals surface area (Å²) in [5, 5.41) is 4.72. The number of nitrogens with zero attached hydrogens (tertiary/aromatic N) is 3. The van der Waals surface area contributed by atoms with Crippen molar-refractivity contribution >= 4 is 53.4 Å². The van der Waals surface area contributed by atoms with Gasteiger partial charge in [-0.2, -0.15) is 0 Å². The topological polar surface area (TPSA) is 51.8 Å². The van der Waals surface area contributed by atoms with E-state index in [1.54, 1.807) is 0 Å². The van der Waals surface area contributed by atoms with Crippen LogP contribution >= 0.6 is 11.3 Å². The Morgan fingerprint density at radius 1 is 0.321 bits per heavy atom. The molecular formula is C51H31N3OS. The number of fused-ring (bicyclic) bond motifs is 6. The Morgan fingerprint density at radius 3 is 1.55 bits per heavy atom. The van der Waals surface area contributed by atoms with Crippen LogP contribution in [0.5, 0.6) is 0 Å². The number of hydrogen-bond acceptors (Lipinski definition) is 5. The van der Waals surface area contributed by atoms with Gasteiger partial charge in [0.1, 0.15) is 11.2 Å². The highest BCUT2D eigenvalue weighted by Crippen LogP contribution is 2.40. The van der Waals surface area contributed by atoms with E-state index in [1.165, 1.54) is 42.4 Å². The van der Waals surface area contributed by atoms with Crippen LogP contribution in [0.25, 0.3) is 110 Å². The molecule has 4 nitrogen and oxygen atoms in total. The molecule has 5 heteroatoms. The lowest BCUT2D eigenvalue weighted by Gasteiger charge is -2.08. The first kappa shape index (κ1) is 32.2. The van der Waals surface area contributed by atoms with Gasteiger partial charge in [-0.25, -0.2) is 15.0 Å². The van der Waals surface area contributed by atoms with Crippen LogP contribution in [0, 0.1) is 0 Å². The van der Waals surface area contributed by atoms with Gasteiger partial charge in [0.25, 0.3) is 0 Å². The van der Waals surface area contributed by atoms with E-state index >= 15 is 0 Å². The zero-order chi connectivity index (χ0) is 37.0. The molecule has 11 rings (SSSR count). The van der Waals surface area contributed by atoms with Crippen molar-refractivity contribution in [3.8, 4) is 67.5 Å². The summed E-state index contributed by atoms with van der Waals surface area (Å²) in [5.41, 5.74) is 11.4. The number of hydrogen-bond donors (Lipinski definition) is 0. The predicted octanol–water partition coefficient (Wildman–Crippen LogP) is 14.1. The largest absolute Gasteiger partial charge is 0.455 e. The number of furan rings is 1. The predicted molar refractivity (Wildman–Crippen MR) is 233 cm³/mol. The second kappa shape index (κ2) is 13.3. The molecule has 0 saturated heterocycles. The lowest BCUT2D eigenvalue weighted by molar-refractivity contribution is 0.670. The van der Waals surface area contributed by atoms with Crippen LogP contribution in [0.2, 0.25) is 0 Å². The fraction of sp³-hybridized carbons (Fsp3) is 0. The molecule has 0 saturated carbocycles. The Morgan fingerprint density at radius 2 is 0.857 bits per heavy atom. The van der Waals surface area contributed by atoms with Crippen molar-refractivity contribution in [2.24, 2.45) is 0 Å². The Hall–Kier alpha value is -7.21. The highest BCUT2D eigenvalue weighted by molar-refractivity contribution is 7.25. The molecule has 0 aliphatic rings. The first-order chi connectivity index (χ1) is 27.7. The molecule has 0 N–H and O–H groups in total. The first-order valence-corrected chi connectivity index (χ1v) is 19.5. The van der Waals surface area contributed by atoms with Gasteiger partial charge in [0, 0.05) is 53.2 Å². The van der Waals surface area contributed by atoms with Gasteiger partial charge < -0.3 is 4.42 Å². The normalized spacial score (nSPS) is 11.6. The second-order valence-corrected chi connectivity index (χ2v) is 15.1. The number of benzene rings is 8. The SMILES string of the molecule is c1ccc(-c2ccc3c(c2)sc2ccc(-c4ccc(-c5cccc6c5oc5cc(-c7nc(-c8ccccc8)nc(-c8ccccc8)n7)ccc56)cc4)cc23)cc1. The van der Waals surface area contributed by atoms with Gasteiger partial charge in [0.2, 0.25) is 0 Å². The summed E-state index contributed by atoms with van der Waals surface area (Å²) in [6.07, 6.45) is 0. The van der Waals surface area contributed by atoms with E-state index < -0.39 is 0 Å². The summed E-state index contributed by atoms with van der Waals surface area (Å²) >= 11 is 1.86. The van der Waals surface area contributed by atoms with Gasteiger partial charge in [0.15, 0.2) is 17.5 Å². The fourth-order valence-electron chi connectivity index (χ4n) is 7.71. The van der Waals surface area contributed by atoms with Gasteiger partial charge in [-0.05, 0) is 58.1 Å². The lowest BCUT2D eigenvalue weighted by atomic mass is 9.97. The molecule has 0 bridgehead atoms. The average Bonchev–Trinajstić information content (AvgIpc) is 3.84. The summed E-state index contributed by atoms with van der Waals surface area (Å²) in [5.74, 6) is 1.86. The van der Waals surface area contributed by atoms with Crippen LogP contribution in [-0.4, -0.2) is 15.0 Å². The molecule has 8 aromatic carbocycles. The van der Waals surface area contributed by atoms with Gasteiger partial charge in [-0.1, -0.05) is 158 Å². The minimum atomic E-state index is 0.599. The van der Waals surface area contributed by atoms with E-state index in [0.717, 1.165) is 49.8 Å². The zero-order valence-corrected chi connectivity index (χ0v) is 30.9. The Balaban J connectivity index is 0.940. The van der Waals surface area contributed by atoms with E-state index in [1.807, 2.05) is 78.1 Å². The van der Waals surface area contributed by atoms with Crippen molar-refractivity contribution in [2.45, 2.75) is 0 Å². The quantitative estimate of drug-likeness (QED) is 0.171. The Kier molecular flexibility index (Phi) is 7.64. The highest BCUT2D eigenvalue weighted by atomic mass is 32.1. The molecule has 56 heavy (non-hydrogen) atoms. The van der Waals surface area contributed by atoms with Crippen molar-refractivity contribution in [1.82, 2.24) is 15.0 Å². The van der Waals surface area contributed by atoms with Crippen molar-refractivity contribution in [1.29, 1.82) is 0 Å². The van der Waals surface area contributed by atoms with E-state index in [0.29, 0.717) is 17.5 Å². The monoisotopic (exact) mass is 733 g/mol. The molecule has 0 aliphatic heterocycles. The van der Waals surface area contributed by atoms with E-state index in [4.69, 9.17) is 19.4 Å². The maximum atomic E-state index is 6.69. The zero-order valence-electron chi connectivity index (χ0n) is 30.1. The number of aromatic nitrogens is 3. The van der Waals surface area contributed by atoms with Gasteiger partial charge >= 0.3 is 0 Å². The molecule has 11 aromatic rings. The first-order valence-electron chi connectivity index (χ1n) is 18.7. The second-order valence-electron chi connectivity index (χ2n) is 14.0. The highest BCUT2D eigenvalue weighted by Gasteiger charge is 2.17. The van der Waals surface area contributed by atoms with Crippen molar-refractivity contribution in [3.63, 3.8) is 0 Å². The van der Waals surface area contributed by atoms with Crippen molar-refractivity contribution in [3.05, 3.63) is 188 Å². The van der Waals surface area contributed by atoms with Crippen LogP contribution in [0.3, 0.4) is 0 Å². The lowest BCUT2D eigenvalue weighted by Crippen LogP contribution is -2.00.